The van der Waals surface area contributed by atoms with Crippen LogP contribution < -0.4 is 10.6 Å². The van der Waals surface area contributed by atoms with Gasteiger partial charge in [-0.15, -0.1) is 11.3 Å². The average molecular weight is 491 g/mol. The number of thiophene rings is 1. The van der Waals surface area contributed by atoms with E-state index in [0.717, 1.165) is 31.2 Å². The summed E-state index contributed by atoms with van der Waals surface area (Å²) in [6.45, 7) is 0.133. The van der Waals surface area contributed by atoms with Gasteiger partial charge in [-0.3, -0.25) is 19.4 Å². The first-order chi connectivity index (χ1) is 17.1. The second kappa shape index (κ2) is 12.3. The van der Waals surface area contributed by atoms with Crippen molar-refractivity contribution < 1.29 is 14.4 Å². The number of aromatic nitrogens is 1. The normalized spacial score (nSPS) is 14.3. The van der Waals surface area contributed by atoms with Gasteiger partial charge in [0.25, 0.3) is 5.91 Å². The molecule has 0 radical (unpaired) electrons. The monoisotopic (exact) mass is 490 g/mol. The average Bonchev–Trinajstić information content (AvgIpc) is 3.61. The van der Waals surface area contributed by atoms with Crippen LogP contribution in [-0.2, 0) is 16.0 Å². The maximum absolute atomic E-state index is 13.6. The Balaban J connectivity index is 1.57. The minimum absolute atomic E-state index is 0.117. The van der Waals surface area contributed by atoms with Crippen molar-refractivity contribution in [2.24, 2.45) is 0 Å². The number of hydrogen-bond donors (Lipinski definition) is 2. The van der Waals surface area contributed by atoms with Gasteiger partial charge in [-0.2, -0.15) is 0 Å². The first-order valence-corrected chi connectivity index (χ1v) is 12.8. The molecule has 1 atom stereocenters. The van der Waals surface area contributed by atoms with Gasteiger partial charge in [0.05, 0.1) is 11.4 Å². The van der Waals surface area contributed by atoms with Crippen LogP contribution >= 0.6 is 11.3 Å². The molecular formula is C27H30N4O3S. The highest BCUT2D eigenvalue weighted by atomic mass is 32.1. The molecule has 0 bridgehead atoms. The number of amides is 3. The molecule has 35 heavy (non-hydrogen) atoms. The number of pyridine rings is 1. The van der Waals surface area contributed by atoms with Crippen molar-refractivity contribution in [3.63, 3.8) is 0 Å². The molecule has 1 aromatic carbocycles. The summed E-state index contributed by atoms with van der Waals surface area (Å²) in [7, 11) is 0. The van der Waals surface area contributed by atoms with E-state index in [4.69, 9.17) is 0 Å². The molecule has 3 aromatic rings. The Kier molecular flexibility index (Phi) is 8.62. The van der Waals surface area contributed by atoms with Crippen molar-refractivity contribution in [2.75, 3.05) is 13.1 Å². The molecule has 4 rings (SSSR count). The standard InChI is InChI=1S/C27H30N4O3S/c32-24(19-29-26(33)23-13-7-17-35-23)31(16-14-20-8-2-1-3-9-20)25(21-10-6-15-28-18-21)27(34)30-22-11-4-5-12-22/h1-3,6-10,13,15,17-18,22,25H,4-5,11-12,14,16,19H2,(H,29,33)(H,30,34)/t25-/m0/s1. The highest BCUT2D eigenvalue weighted by Crippen LogP contribution is 2.24. The zero-order chi connectivity index (χ0) is 24.5. The topological polar surface area (TPSA) is 91.4 Å². The lowest BCUT2D eigenvalue weighted by molar-refractivity contribution is -0.140. The Labute approximate surface area is 209 Å². The third-order valence-electron chi connectivity index (χ3n) is 6.21. The lowest BCUT2D eigenvalue weighted by atomic mass is 10.0. The smallest absolute Gasteiger partial charge is 0.261 e. The molecule has 1 saturated carbocycles. The van der Waals surface area contributed by atoms with Crippen molar-refractivity contribution in [1.82, 2.24) is 20.5 Å². The van der Waals surface area contributed by atoms with Crippen molar-refractivity contribution in [3.8, 4) is 0 Å². The summed E-state index contributed by atoms with van der Waals surface area (Å²) < 4.78 is 0. The number of benzene rings is 1. The van der Waals surface area contributed by atoms with E-state index in [2.05, 4.69) is 15.6 Å². The van der Waals surface area contributed by atoms with Gasteiger partial charge in [0.1, 0.15) is 6.04 Å². The van der Waals surface area contributed by atoms with Crippen molar-refractivity contribution in [2.45, 2.75) is 44.2 Å². The molecule has 1 fully saturated rings. The quantitative estimate of drug-likeness (QED) is 0.453. The second-order valence-corrected chi connectivity index (χ2v) is 9.61. The fourth-order valence-corrected chi connectivity index (χ4v) is 5.05. The molecular weight excluding hydrogens is 460 g/mol. The van der Waals surface area contributed by atoms with Crippen LogP contribution in [0.25, 0.3) is 0 Å². The highest BCUT2D eigenvalue weighted by Gasteiger charge is 2.33. The minimum Gasteiger partial charge on any atom is -0.351 e. The summed E-state index contributed by atoms with van der Waals surface area (Å²) in [5.74, 6) is -0.832. The molecule has 0 aliphatic heterocycles. The summed E-state index contributed by atoms with van der Waals surface area (Å²) in [5, 5.41) is 7.68. The lowest BCUT2D eigenvalue weighted by Gasteiger charge is -2.32. The third kappa shape index (κ3) is 6.76. The van der Waals surface area contributed by atoms with E-state index in [-0.39, 0.29) is 30.3 Å². The summed E-state index contributed by atoms with van der Waals surface area (Å²) in [6.07, 6.45) is 7.93. The van der Waals surface area contributed by atoms with Crippen LogP contribution in [0.2, 0.25) is 0 Å². The van der Waals surface area contributed by atoms with Gasteiger partial charge in [-0.1, -0.05) is 55.3 Å². The van der Waals surface area contributed by atoms with Crippen LogP contribution in [0, 0.1) is 0 Å². The zero-order valence-corrected chi connectivity index (χ0v) is 20.4. The minimum atomic E-state index is -0.834. The first-order valence-electron chi connectivity index (χ1n) is 12.0. The number of carbonyl (C=O) groups is 3. The Bertz CT molecular complexity index is 1100. The Morgan fingerprint density at radius 1 is 1.03 bits per heavy atom. The van der Waals surface area contributed by atoms with E-state index >= 15 is 0 Å². The number of nitrogens with zero attached hydrogens (tertiary/aromatic N) is 2. The Morgan fingerprint density at radius 3 is 2.51 bits per heavy atom. The van der Waals surface area contributed by atoms with Gasteiger partial charge in [-0.25, -0.2) is 0 Å². The van der Waals surface area contributed by atoms with Gasteiger partial charge in [0.15, 0.2) is 0 Å². The zero-order valence-electron chi connectivity index (χ0n) is 19.6. The van der Waals surface area contributed by atoms with E-state index in [9.17, 15) is 14.4 Å². The molecule has 2 aromatic heterocycles. The molecule has 2 N–H and O–H groups in total. The first kappa shape index (κ1) is 24.6. The summed E-state index contributed by atoms with van der Waals surface area (Å²) in [4.78, 5) is 45.8. The molecule has 1 aliphatic carbocycles. The van der Waals surface area contributed by atoms with Crippen LogP contribution in [-0.4, -0.2) is 46.7 Å². The Morgan fingerprint density at radius 2 is 1.83 bits per heavy atom. The van der Waals surface area contributed by atoms with Crippen molar-refractivity contribution >= 4 is 29.1 Å². The molecule has 8 heteroatoms. The molecule has 182 valence electrons. The molecule has 0 unspecified atom stereocenters. The third-order valence-corrected chi connectivity index (χ3v) is 7.08. The number of carbonyl (C=O) groups excluding carboxylic acids is 3. The molecule has 0 saturated heterocycles. The molecule has 2 heterocycles. The van der Waals surface area contributed by atoms with Gasteiger partial charge in [0, 0.05) is 30.5 Å². The van der Waals surface area contributed by atoms with Crippen molar-refractivity contribution in [3.05, 3.63) is 88.4 Å². The summed E-state index contributed by atoms with van der Waals surface area (Å²) >= 11 is 1.32. The number of rotatable bonds is 10. The van der Waals surface area contributed by atoms with Gasteiger partial charge in [-0.05, 0) is 42.3 Å². The van der Waals surface area contributed by atoms with E-state index in [1.54, 1.807) is 35.5 Å². The van der Waals surface area contributed by atoms with Gasteiger partial charge >= 0.3 is 0 Å². The summed E-state index contributed by atoms with van der Waals surface area (Å²) in [6, 6.07) is 16.2. The maximum Gasteiger partial charge on any atom is 0.261 e. The van der Waals surface area contributed by atoms with Gasteiger partial charge in [0.2, 0.25) is 11.8 Å². The van der Waals surface area contributed by atoms with Crippen LogP contribution in [0.3, 0.4) is 0 Å². The van der Waals surface area contributed by atoms with Crippen LogP contribution in [0.1, 0.15) is 52.5 Å². The van der Waals surface area contributed by atoms with Crippen LogP contribution in [0.15, 0.2) is 72.4 Å². The molecule has 3 amide bonds. The SMILES string of the molecule is O=C(NCC(=O)N(CCc1ccccc1)[C@H](C(=O)NC1CCCC1)c1cccnc1)c1cccs1. The van der Waals surface area contributed by atoms with Crippen molar-refractivity contribution in [1.29, 1.82) is 0 Å². The largest absolute Gasteiger partial charge is 0.351 e. The summed E-state index contributed by atoms with van der Waals surface area (Å²) in [5.41, 5.74) is 1.71. The van der Waals surface area contributed by atoms with Crippen LogP contribution in [0.4, 0.5) is 0 Å². The predicted molar refractivity (Wildman–Crippen MR) is 136 cm³/mol. The fourth-order valence-electron chi connectivity index (χ4n) is 4.41. The number of nitrogens with one attached hydrogen (secondary N) is 2. The molecule has 7 nitrogen and oxygen atoms in total. The van der Waals surface area contributed by atoms with Crippen LogP contribution in [0.5, 0.6) is 0 Å². The number of hydrogen-bond acceptors (Lipinski definition) is 5. The fraction of sp³-hybridized carbons (Fsp3) is 0.333. The molecule has 0 spiro atoms. The highest BCUT2D eigenvalue weighted by molar-refractivity contribution is 7.12. The maximum atomic E-state index is 13.6. The van der Waals surface area contributed by atoms with E-state index in [0.29, 0.717) is 23.4 Å². The molecule has 1 aliphatic rings. The van der Waals surface area contributed by atoms with E-state index in [1.165, 1.54) is 11.3 Å². The Hall–Kier alpha value is -3.52. The second-order valence-electron chi connectivity index (χ2n) is 8.66. The lowest BCUT2D eigenvalue weighted by Crippen LogP contribution is -2.49. The van der Waals surface area contributed by atoms with Gasteiger partial charge < -0.3 is 15.5 Å². The van der Waals surface area contributed by atoms with E-state index in [1.807, 2.05) is 41.8 Å². The predicted octanol–water partition coefficient (Wildman–Crippen LogP) is 3.74. The van der Waals surface area contributed by atoms with E-state index < -0.39 is 6.04 Å².